The number of aromatic nitrogens is 2. The molecule has 3 heterocycles. The average Bonchev–Trinajstić information content (AvgIpc) is 2.84. The second kappa shape index (κ2) is 6.07. The predicted molar refractivity (Wildman–Crippen MR) is 83.3 cm³/mol. The Hall–Kier alpha value is -0.910. The summed E-state index contributed by atoms with van der Waals surface area (Å²) in [5, 5.41) is 13.7. The summed E-state index contributed by atoms with van der Waals surface area (Å²) in [5.41, 5.74) is 3.68. The zero-order chi connectivity index (χ0) is 15.0. The summed E-state index contributed by atoms with van der Waals surface area (Å²) in [6, 6.07) is 1.52. The molecule has 5 heteroatoms. The van der Waals surface area contributed by atoms with Gasteiger partial charge in [0, 0.05) is 43.0 Å². The molecule has 3 rings (SSSR count). The van der Waals surface area contributed by atoms with Crippen molar-refractivity contribution >= 4 is 0 Å². The summed E-state index contributed by atoms with van der Waals surface area (Å²) in [4.78, 5) is 5.19. The molecule has 5 nitrogen and oxygen atoms in total. The molecular weight excluding hydrogens is 264 g/mol. The third kappa shape index (κ3) is 2.87. The van der Waals surface area contributed by atoms with Gasteiger partial charge in [-0.05, 0) is 40.2 Å². The molecule has 118 valence electrons. The Kier molecular flexibility index (Phi) is 4.33. The van der Waals surface area contributed by atoms with Crippen LogP contribution in [0.5, 0.6) is 0 Å². The Bertz CT molecular complexity index is 499. The molecule has 2 aliphatic rings. The fourth-order valence-electron chi connectivity index (χ4n) is 4.02. The van der Waals surface area contributed by atoms with Gasteiger partial charge in [0.25, 0.3) is 0 Å². The van der Waals surface area contributed by atoms with Crippen molar-refractivity contribution in [2.24, 2.45) is 0 Å². The van der Waals surface area contributed by atoms with Gasteiger partial charge in [0.1, 0.15) is 0 Å². The number of likely N-dealkylation sites (N-methyl/N-ethyl adjacent to an activating group) is 1. The van der Waals surface area contributed by atoms with Crippen molar-refractivity contribution in [1.82, 2.24) is 19.6 Å². The molecule has 0 aromatic carbocycles. The fraction of sp³-hybridized carbons (Fsp3) is 0.812. The van der Waals surface area contributed by atoms with E-state index in [-0.39, 0.29) is 6.61 Å². The first-order chi connectivity index (χ1) is 10.1. The van der Waals surface area contributed by atoms with Crippen LogP contribution in [0.4, 0.5) is 0 Å². The van der Waals surface area contributed by atoms with Gasteiger partial charge >= 0.3 is 0 Å². The van der Waals surface area contributed by atoms with Crippen molar-refractivity contribution in [2.75, 3.05) is 26.7 Å². The lowest BCUT2D eigenvalue weighted by atomic mass is 10.1. The average molecular weight is 292 g/mol. The minimum absolute atomic E-state index is 0.152. The van der Waals surface area contributed by atoms with Crippen molar-refractivity contribution in [3.8, 4) is 0 Å². The molecule has 21 heavy (non-hydrogen) atoms. The Labute approximate surface area is 127 Å². The molecule has 0 radical (unpaired) electrons. The lowest BCUT2D eigenvalue weighted by Gasteiger charge is -2.25. The highest BCUT2D eigenvalue weighted by Gasteiger charge is 2.34. The zero-order valence-corrected chi connectivity index (χ0v) is 13.5. The lowest BCUT2D eigenvalue weighted by molar-refractivity contribution is 0.214. The summed E-state index contributed by atoms with van der Waals surface area (Å²) in [6.07, 6.45) is 4.01. The first-order valence-electron chi connectivity index (χ1n) is 8.18. The largest absolute Gasteiger partial charge is 0.394 e. The van der Waals surface area contributed by atoms with E-state index >= 15 is 0 Å². The summed E-state index contributed by atoms with van der Waals surface area (Å²) in [5.74, 6) is 0. The quantitative estimate of drug-likeness (QED) is 0.904. The van der Waals surface area contributed by atoms with Crippen LogP contribution in [0.3, 0.4) is 0 Å². The molecule has 2 unspecified atom stereocenters. The SMILES string of the molecule is Cc1nn(CCO)c(C)c1CN1CCC2CCC(C1)N2C. The standard InChI is InChI=1S/C16H28N4O/c1-12-16(13(2)20(17-12)8-9-21)11-19-7-6-14-4-5-15(10-19)18(14)3/h14-15,21H,4-11H2,1-3H3. The van der Waals surface area contributed by atoms with Crippen molar-refractivity contribution in [3.05, 3.63) is 17.0 Å². The van der Waals surface area contributed by atoms with Crippen molar-refractivity contribution in [2.45, 2.75) is 58.3 Å². The summed E-state index contributed by atoms with van der Waals surface area (Å²) >= 11 is 0. The number of fused-ring (bicyclic) bond motifs is 2. The normalized spacial score (nSPS) is 27.2. The number of hydrogen-bond acceptors (Lipinski definition) is 4. The summed E-state index contributed by atoms with van der Waals surface area (Å²) in [6.45, 7) is 8.33. The first kappa shape index (κ1) is 15.0. The van der Waals surface area contributed by atoms with Crippen LogP contribution in [0.15, 0.2) is 0 Å². The van der Waals surface area contributed by atoms with E-state index in [1.165, 1.54) is 43.6 Å². The van der Waals surface area contributed by atoms with Crippen molar-refractivity contribution in [1.29, 1.82) is 0 Å². The lowest BCUT2D eigenvalue weighted by Crippen LogP contribution is -2.36. The Balaban J connectivity index is 1.72. The highest BCUT2D eigenvalue weighted by atomic mass is 16.3. The Morgan fingerprint density at radius 2 is 1.95 bits per heavy atom. The minimum Gasteiger partial charge on any atom is -0.394 e. The highest BCUT2D eigenvalue weighted by Crippen LogP contribution is 2.29. The number of aryl methyl sites for hydroxylation is 1. The molecule has 1 aromatic heterocycles. The van der Waals surface area contributed by atoms with Crippen LogP contribution < -0.4 is 0 Å². The van der Waals surface area contributed by atoms with E-state index in [0.717, 1.165) is 24.3 Å². The Morgan fingerprint density at radius 3 is 2.71 bits per heavy atom. The van der Waals surface area contributed by atoms with Gasteiger partial charge in [0.15, 0.2) is 0 Å². The summed E-state index contributed by atoms with van der Waals surface area (Å²) < 4.78 is 1.95. The van der Waals surface area contributed by atoms with Gasteiger partial charge in [-0.3, -0.25) is 14.5 Å². The monoisotopic (exact) mass is 292 g/mol. The van der Waals surface area contributed by atoms with Crippen LogP contribution in [0.2, 0.25) is 0 Å². The number of nitrogens with zero attached hydrogens (tertiary/aromatic N) is 4. The van der Waals surface area contributed by atoms with E-state index in [1.807, 2.05) is 4.68 Å². The maximum Gasteiger partial charge on any atom is 0.0644 e. The maximum atomic E-state index is 9.13. The molecule has 2 fully saturated rings. The van der Waals surface area contributed by atoms with Gasteiger partial charge in [0.05, 0.1) is 18.8 Å². The van der Waals surface area contributed by atoms with Gasteiger partial charge in [-0.2, -0.15) is 5.10 Å². The second-order valence-electron chi connectivity index (χ2n) is 6.67. The van der Waals surface area contributed by atoms with Crippen LogP contribution in [-0.2, 0) is 13.1 Å². The van der Waals surface area contributed by atoms with E-state index in [4.69, 9.17) is 5.11 Å². The van der Waals surface area contributed by atoms with Crippen molar-refractivity contribution < 1.29 is 5.11 Å². The van der Waals surface area contributed by atoms with Crippen LogP contribution in [0.1, 0.15) is 36.2 Å². The van der Waals surface area contributed by atoms with E-state index in [0.29, 0.717) is 6.54 Å². The van der Waals surface area contributed by atoms with Gasteiger partial charge in [0.2, 0.25) is 0 Å². The first-order valence-corrected chi connectivity index (χ1v) is 8.18. The number of rotatable bonds is 4. The molecule has 2 atom stereocenters. The predicted octanol–water partition coefficient (Wildman–Crippen LogP) is 1.16. The fourth-order valence-corrected chi connectivity index (χ4v) is 4.02. The third-order valence-electron chi connectivity index (χ3n) is 5.46. The van der Waals surface area contributed by atoms with Gasteiger partial charge in [-0.1, -0.05) is 0 Å². The topological polar surface area (TPSA) is 44.5 Å². The minimum atomic E-state index is 0.152. The van der Waals surface area contributed by atoms with E-state index < -0.39 is 0 Å². The smallest absolute Gasteiger partial charge is 0.0644 e. The van der Waals surface area contributed by atoms with E-state index in [2.05, 4.69) is 35.8 Å². The number of likely N-dealkylation sites (tertiary alicyclic amines) is 1. The van der Waals surface area contributed by atoms with E-state index in [1.54, 1.807) is 0 Å². The highest BCUT2D eigenvalue weighted by molar-refractivity contribution is 5.24. The van der Waals surface area contributed by atoms with Gasteiger partial charge in [-0.15, -0.1) is 0 Å². The molecule has 0 aliphatic carbocycles. The second-order valence-corrected chi connectivity index (χ2v) is 6.67. The van der Waals surface area contributed by atoms with Crippen molar-refractivity contribution in [3.63, 3.8) is 0 Å². The number of aliphatic hydroxyl groups excluding tert-OH is 1. The van der Waals surface area contributed by atoms with Crippen LogP contribution in [0, 0.1) is 13.8 Å². The van der Waals surface area contributed by atoms with Gasteiger partial charge in [-0.25, -0.2) is 0 Å². The molecule has 2 aliphatic heterocycles. The number of aliphatic hydroxyl groups is 1. The maximum absolute atomic E-state index is 9.13. The molecular formula is C16H28N4O. The van der Waals surface area contributed by atoms with E-state index in [9.17, 15) is 0 Å². The van der Waals surface area contributed by atoms with Crippen LogP contribution in [0.25, 0.3) is 0 Å². The molecule has 0 amide bonds. The Morgan fingerprint density at radius 1 is 1.19 bits per heavy atom. The van der Waals surface area contributed by atoms with Crippen LogP contribution >= 0.6 is 0 Å². The van der Waals surface area contributed by atoms with Gasteiger partial charge < -0.3 is 5.11 Å². The number of hydrogen-bond donors (Lipinski definition) is 1. The molecule has 1 N–H and O–H groups in total. The molecule has 2 saturated heterocycles. The molecule has 0 saturated carbocycles. The molecule has 0 spiro atoms. The zero-order valence-electron chi connectivity index (χ0n) is 13.5. The summed E-state index contributed by atoms with van der Waals surface area (Å²) in [7, 11) is 2.29. The van der Waals surface area contributed by atoms with Crippen LogP contribution in [-0.4, -0.2) is 63.5 Å². The molecule has 2 bridgehead atoms. The third-order valence-corrected chi connectivity index (χ3v) is 5.46. The molecule has 1 aromatic rings.